The summed E-state index contributed by atoms with van der Waals surface area (Å²) in [5.41, 5.74) is 5.19. The molecule has 2 atom stereocenters. The third kappa shape index (κ3) is 5.69. The number of hydrogen-bond donors (Lipinski definition) is 2. The Bertz CT molecular complexity index is 811. The Morgan fingerprint density at radius 2 is 1.61 bits per heavy atom. The van der Waals surface area contributed by atoms with E-state index in [-0.39, 0.29) is 17.7 Å². The summed E-state index contributed by atoms with van der Waals surface area (Å²) >= 11 is 0. The highest BCUT2D eigenvalue weighted by Gasteiger charge is 2.25. The van der Waals surface area contributed by atoms with Gasteiger partial charge in [-0.25, -0.2) is 0 Å². The fraction of sp³-hybridized carbons (Fsp3) is 0.417. The van der Waals surface area contributed by atoms with Crippen LogP contribution in [0, 0.1) is 25.7 Å². The summed E-state index contributed by atoms with van der Waals surface area (Å²) in [5.74, 6) is -1.20. The minimum Gasteiger partial charge on any atom is -0.481 e. The van der Waals surface area contributed by atoms with Crippen LogP contribution in [-0.4, -0.2) is 17.0 Å². The number of benzene rings is 2. The lowest BCUT2D eigenvalue weighted by atomic mass is 9.84. The molecule has 0 heterocycles. The summed E-state index contributed by atoms with van der Waals surface area (Å²) < 4.78 is 0. The Labute approximate surface area is 168 Å². The number of carbonyl (C=O) groups excluding carboxylic acids is 1. The van der Waals surface area contributed by atoms with E-state index in [9.17, 15) is 14.7 Å². The van der Waals surface area contributed by atoms with Crippen LogP contribution in [0.5, 0.6) is 0 Å². The molecule has 0 spiro atoms. The molecule has 1 amide bonds. The highest BCUT2D eigenvalue weighted by atomic mass is 16.4. The monoisotopic (exact) mass is 381 g/mol. The van der Waals surface area contributed by atoms with E-state index in [0.29, 0.717) is 19.3 Å². The first-order valence-corrected chi connectivity index (χ1v) is 10.1. The van der Waals surface area contributed by atoms with E-state index in [4.69, 9.17) is 0 Å². The number of anilines is 1. The first-order valence-electron chi connectivity index (χ1n) is 10.1. The molecule has 0 saturated carbocycles. The lowest BCUT2D eigenvalue weighted by Crippen LogP contribution is -2.24. The van der Waals surface area contributed by atoms with E-state index < -0.39 is 5.97 Å². The molecule has 0 bridgehead atoms. The predicted molar refractivity (Wildman–Crippen MR) is 114 cm³/mol. The van der Waals surface area contributed by atoms with Crippen LogP contribution in [-0.2, 0) is 9.59 Å². The maximum atomic E-state index is 12.5. The predicted octanol–water partition coefficient (Wildman–Crippen LogP) is 5.83. The molecular weight excluding hydrogens is 350 g/mol. The van der Waals surface area contributed by atoms with E-state index in [1.807, 2.05) is 32.9 Å². The van der Waals surface area contributed by atoms with Crippen LogP contribution in [0.1, 0.15) is 50.7 Å². The normalized spacial score (nSPS) is 13.0. The number of nitrogens with one attached hydrogen (secondary N) is 1. The highest BCUT2D eigenvalue weighted by Crippen LogP contribution is 2.27. The second-order valence-corrected chi connectivity index (χ2v) is 7.50. The van der Waals surface area contributed by atoms with Crippen molar-refractivity contribution in [3.63, 3.8) is 0 Å². The van der Waals surface area contributed by atoms with E-state index in [1.165, 1.54) is 5.56 Å². The Kier molecular flexibility index (Phi) is 7.80. The van der Waals surface area contributed by atoms with Crippen molar-refractivity contribution in [2.45, 2.75) is 53.4 Å². The lowest BCUT2D eigenvalue weighted by Gasteiger charge is -2.21. The molecule has 2 aromatic carbocycles. The molecule has 0 aliphatic carbocycles. The molecule has 0 radical (unpaired) electrons. The number of amides is 1. The number of aryl methyl sites for hydroxylation is 2. The molecule has 0 aliphatic heterocycles. The molecule has 2 rings (SSSR count). The van der Waals surface area contributed by atoms with Crippen molar-refractivity contribution < 1.29 is 14.7 Å². The largest absolute Gasteiger partial charge is 0.481 e. The Morgan fingerprint density at radius 3 is 2.18 bits per heavy atom. The number of carboxylic acid groups (broad SMARTS) is 1. The van der Waals surface area contributed by atoms with Crippen molar-refractivity contribution in [1.82, 2.24) is 0 Å². The van der Waals surface area contributed by atoms with Gasteiger partial charge in [-0.1, -0.05) is 62.2 Å². The van der Waals surface area contributed by atoms with Crippen LogP contribution in [0.15, 0.2) is 42.5 Å². The van der Waals surface area contributed by atoms with Crippen LogP contribution in [0.3, 0.4) is 0 Å². The van der Waals surface area contributed by atoms with E-state index in [0.717, 1.165) is 28.8 Å². The van der Waals surface area contributed by atoms with Crippen molar-refractivity contribution in [2.75, 3.05) is 5.32 Å². The SMILES string of the molecule is CCC(CCC(=O)Nc1cc(-c2ccc(C)cc2)ccc1C)C(CC)C(=O)O. The fourth-order valence-electron chi connectivity index (χ4n) is 3.61. The molecule has 2 unspecified atom stereocenters. The van der Waals surface area contributed by atoms with Crippen molar-refractivity contribution in [3.8, 4) is 11.1 Å². The molecule has 4 heteroatoms. The zero-order valence-electron chi connectivity index (χ0n) is 17.3. The van der Waals surface area contributed by atoms with Gasteiger partial charge >= 0.3 is 5.97 Å². The van der Waals surface area contributed by atoms with Gasteiger partial charge in [0.2, 0.25) is 5.91 Å². The van der Waals surface area contributed by atoms with Gasteiger partial charge in [-0.15, -0.1) is 0 Å². The molecule has 2 N–H and O–H groups in total. The first-order chi connectivity index (χ1) is 13.3. The van der Waals surface area contributed by atoms with Gasteiger partial charge in [0.05, 0.1) is 5.92 Å². The van der Waals surface area contributed by atoms with Gasteiger partial charge in [0.25, 0.3) is 0 Å². The van der Waals surface area contributed by atoms with Crippen molar-refractivity contribution >= 4 is 17.6 Å². The maximum Gasteiger partial charge on any atom is 0.306 e. The van der Waals surface area contributed by atoms with Gasteiger partial charge in [-0.3, -0.25) is 9.59 Å². The van der Waals surface area contributed by atoms with E-state index in [1.54, 1.807) is 0 Å². The van der Waals surface area contributed by atoms with Crippen LogP contribution in [0.2, 0.25) is 0 Å². The van der Waals surface area contributed by atoms with Gasteiger partial charge in [0.15, 0.2) is 0 Å². The summed E-state index contributed by atoms with van der Waals surface area (Å²) in [7, 11) is 0. The molecule has 4 nitrogen and oxygen atoms in total. The number of carboxylic acids is 1. The standard InChI is InChI=1S/C24H31NO3/c1-5-18(21(6-2)24(27)28)13-14-23(26)25-22-15-20(12-9-17(22)4)19-10-7-16(3)8-11-19/h7-12,15,18,21H,5-6,13-14H2,1-4H3,(H,25,26)(H,27,28). The van der Waals surface area contributed by atoms with Gasteiger partial charge in [0.1, 0.15) is 0 Å². The third-order valence-electron chi connectivity index (χ3n) is 5.49. The smallest absolute Gasteiger partial charge is 0.306 e. The zero-order chi connectivity index (χ0) is 20.7. The second kappa shape index (κ2) is 10.1. The number of aliphatic carboxylic acids is 1. The molecule has 28 heavy (non-hydrogen) atoms. The van der Waals surface area contributed by atoms with Crippen LogP contribution >= 0.6 is 0 Å². The fourth-order valence-corrected chi connectivity index (χ4v) is 3.61. The third-order valence-corrected chi connectivity index (χ3v) is 5.49. The maximum absolute atomic E-state index is 12.5. The number of hydrogen-bond acceptors (Lipinski definition) is 2. The van der Waals surface area contributed by atoms with Crippen LogP contribution < -0.4 is 5.32 Å². The number of rotatable bonds is 9. The van der Waals surface area contributed by atoms with Crippen LogP contribution in [0.4, 0.5) is 5.69 Å². The zero-order valence-corrected chi connectivity index (χ0v) is 17.3. The van der Waals surface area contributed by atoms with E-state index >= 15 is 0 Å². The van der Waals surface area contributed by atoms with Gasteiger partial charge in [-0.05, 0) is 55.4 Å². The molecule has 0 fully saturated rings. The van der Waals surface area contributed by atoms with Crippen molar-refractivity contribution in [3.05, 3.63) is 53.6 Å². The Hall–Kier alpha value is -2.62. The summed E-state index contributed by atoms with van der Waals surface area (Å²) in [6.07, 6.45) is 2.27. The second-order valence-electron chi connectivity index (χ2n) is 7.50. The summed E-state index contributed by atoms with van der Waals surface area (Å²) in [6, 6.07) is 14.4. The van der Waals surface area contributed by atoms with Gasteiger partial charge in [0, 0.05) is 12.1 Å². The minimum atomic E-state index is -0.767. The summed E-state index contributed by atoms with van der Waals surface area (Å²) in [4.78, 5) is 23.9. The molecular formula is C24H31NO3. The van der Waals surface area contributed by atoms with Gasteiger partial charge in [-0.2, -0.15) is 0 Å². The van der Waals surface area contributed by atoms with Gasteiger partial charge < -0.3 is 10.4 Å². The Balaban J connectivity index is 2.06. The highest BCUT2D eigenvalue weighted by molar-refractivity contribution is 5.92. The molecule has 150 valence electrons. The molecule has 0 aliphatic rings. The van der Waals surface area contributed by atoms with Crippen molar-refractivity contribution in [1.29, 1.82) is 0 Å². The number of carbonyl (C=O) groups is 2. The molecule has 2 aromatic rings. The molecule has 0 aromatic heterocycles. The summed E-state index contributed by atoms with van der Waals surface area (Å²) in [6.45, 7) is 7.91. The van der Waals surface area contributed by atoms with Crippen molar-refractivity contribution in [2.24, 2.45) is 11.8 Å². The lowest BCUT2D eigenvalue weighted by molar-refractivity contribution is -0.144. The quantitative estimate of drug-likeness (QED) is 0.574. The summed E-state index contributed by atoms with van der Waals surface area (Å²) in [5, 5.41) is 12.4. The average Bonchev–Trinajstić information content (AvgIpc) is 2.67. The average molecular weight is 382 g/mol. The first kappa shape index (κ1) is 21.7. The minimum absolute atomic E-state index is 0.0215. The topological polar surface area (TPSA) is 66.4 Å². The van der Waals surface area contributed by atoms with E-state index in [2.05, 4.69) is 42.6 Å². The molecule has 0 saturated heterocycles. The van der Waals surface area contributed by atoms with Crippen LogP contribution in [0.25, 0.3) is 11.1 Å². The Morgan fingerprint density at radius 1 is 0.964 bits per heavy atom.